The Labute approximate surface area is 192 Å². The average molecular weight is 480 g/mol. The van der Waals surface area contributed by atoms with Gasteiger partial charge in [0.15, 0.2) is 4.80 Å². The van der Waals surface area contributed by atoms with Crippen LogP contribution in [0.5, 0.6) is 0 Å². The van der Waals surface area contributed by atoms with Crippen LogP contribution in [0.25, 0.3) is 10.8 Å². The molecule has 176 valence electrons. The monoisotopic (exact) mass is 479 g/mol. The third-order valence-electron chi connectivity index (χ3n) is 4.47. The van der Waals surface area contributed by atoms with Crippen LogP contribution in [-0.2, 0) is 22.5 Å². The number of ether oxygens (including phenoxy) is 1. The predicted molar refractivity (Wildman–Crippen MR) is 120 cm³/mol. The number of alkyl carbamates (subject to hydrolysis) is 1. The molecule has 1 aromatic heterocycles. The fourth-order valence-corrected chi connectivity index (χ4v) is 4.09. The van der Waals surface area contributed by atoms with E-state index in [2.05, 4.69) is 10.3 Å². The summed E-state index contributed by atoms with van der Waals surface area (Å²) in [6.45, 7) is 5.69. The van der Waals surface area contributed by atoms with Crippen LogP contribution >= 0.6 is 11.3 Å². The number of halogens is 3. The Kier molecular flexibility index (Phi) is 7.26. The van der Waals surface area contributed by atoms with Gasteiger partial charge in [-0.1, -0.05) is 42.5 Å². The van der Waals surface area contributed by atoms with Crippen LogP contribution in [0.15, 0.2) is 53.7 Å². The molecule has 0 saturated carbocycles. The minimum atomic E-state index is -5.06. The summed E-state index contributed by atoms with van der Waals surface area (Å²) in [7, 11) is 0. The SMILES string of the molecule is CC(C)(C)OC(=O)NCCc1cn(Cc2cccc3ccccc23)c(=NC(=O)C(F)(F)F)s1. The van der Waals surface area contributed by atoms with Gasteiger partial charge < -0.3 is 14.6 Å². The largest absolute Gasteiger partial charge is 0.473 e. The van der Waals surface area contributed by atoms with E-state index in [0.717, 1.165) is 27.7 Å². The van der Waals surface area contributed by atoms with E-state index in [1.807, 2.05) is 42.5 Å². The number of fused-ring (bicyclic) bond motifs is 1. The number of carbonyl (C=O) groups excluding carboxylic acids is 2. The van der Waals surface area contributed by atoms with Crippen molar-refractivity contribution in [1.82, 2.24) is 9.88 Å². The van der Waals surface area contributed by atoms with Crippen molar-refractivity contribution in [3.63, 3.8) is 0 Å². The van der Waals surface area contributed by atoms with E-state index in [1.54, 1.807) is 27.0 Å². The number of amides is 2. The third-order valence-corrected chi connectivity index (χ3v) is 5.55. The highest BCUT2D eigenvalue weighted by molar-refractivity contribution is 7.09. The van der Waals surface area contributed by atoms with E-state index in [-0.39, 0.29) is 17.9 Å². The van der Waals surface area contributed by atoms with Gasteiger partial charge in [0.25, 0.3) is 0 Å². The first-order chi connectivity index (χ1) is 15.4. The Morgan fingerprint density at radius 3 is 2.48 bits per heavy atom. The number of hydrogen-bond donors (Lipinski definition) is 1. The summed E-state index contributed by atoms with van der Waals surface area (Å²) in [6, 6.07) is 13.4. The van der Waals surface area contributed by atoms with Crippen LogP contribution < -0.4 is 10.1 Å². The minimum absolute atomic E-state index is 0.0578. The molecule has 0 atom stereocenters. The van der Waals surface area contributed by atoms with Gasteiger partial charge in [-0.2, -0.15) is 18.2 Å². The molecular weight excluding hydrogens is 455 g/mol. The van der Waals surface area contributed by atoms with E-state index in [9.17, 15) is 22.8 Å². The highest BCUT2D eigenvalue weighted by atomic mass is 32.1. The molecule has 0 fully saturated rings. The van der Waals surface area contributed by atoms with Crippen molar-refractivity contribution in [2.24, 2.45) is 4.99 Å². The van der Waals surface area contributed by atoms with Crippen molar-refractivity contribution in [2.45, 2.75) is 45.5 Å². The van der Waals surface area contributed by atoms with Crippen molar-refractivity contribution in [3.05, 3.63) is 63.9 Å². The Balaban J connectivity index is 1.87. The first-order valence-electron chi connectivity index (χ1n) is 10.2. The third kappa shape index (κ3) is 6.92. The molecule has 0 unspecified atom stereocenters. The Bertz CT molecular complexity index is 1220. The predicted octanol–water partition coefficient (Wildman–Crippen LogP) is 4.81. The second-order valence-electron chi connectivity index (χ2n) is 8.34. The van der Waals surface area contributed by atoms with Gasteiger partial charge in [0.2, 0.25) is 0 Å². The zero-order valence-corrected chi connectivity index (χ0v) is 19.2. The highest BCUT2D eigenvalue weighted by Gasteiger charge is 2.38. The average Bonchev–Trinajstić information content (AvgIpc) is 3.07. The highest BCUT2D eigenvalue weighted by Crippen LogP contribution is 2.20. The van der Waals surface area contributed by atoms with E-state index in [1.165, 1.54) is 4.57 Å². The maximum absolute atomic E-state index is 12.8. The quantitative estimate of drug-likeness (QED) is 0.571. The lowest BCUT2D eigenvalue weighted by atomic mass is 10.0. The van der Waals surface area contributed by atoms with Gasteiger partial charge in [0.1, 0.15) is 5.60 Å². The van der Waals surface area contributed by atoms with Gasteiger partial charge >= 0.3 is 18.2 Å². The summed E-state index contributed by atoms with van der Waals surface area (Å²) < 4.78 is 45.2. The molecule has 0 spiro atoms. The van der Waals surface area contributed by atoms with E-state index in [0.29, 0.717) is 11.3 Å². The smallest absolute Gasteiger partial charge is 0.444 e. The van der Waals surface area contributed by atoms with Gasteiger partial charge in [-0.25, -0.2) is 4.79 Å². The molecule has 2 aromatic carbocycles. The summed E-state index contributed by atoms with van der Waals surface area (Å²) in [5.74, 6) is -2.16. The van der Waals surface area contributed by atoms with Crippen LogP contribution in [0.2, 0.25) is 0 Å². The summed E-state index contributed by atoms with van der Waals surface area (Å²) in [5, 5.41) is 4.57. The number of benzene rings is 2. The topological polar surface area (TPSA) is 72.7 Å². The fourth-order valence-electron chi connectivity index (χ4n) is 3.11. The summed E-state index contributed by atoms with van der Waals surface area (Å²) in [5.41, 5.74) is 0.239. The van der Waals surface area contributed by atoms with Crippen molar-refractivity contribution >= 4 is 34.1 Å². The van der Waals surface area contributed by atoms with Crippen LogP contribution in [0.3, 0.4) is 0 Å². The van der Waals surface area contributed by atoms with Crippen LogP contribution in [0.1, 0.15) is 31.2 Å². The van der Waals surface area contributed by atoms with Gasteiger partial charge in [-0.15, -0.1) is 11.3 Å². The molecule has 33 heavy (non-hydrogen) atoms. The molecule has 2 amide bonds. The lowest BCUT2D eigenvalue weighted by Crippen LogP contribution is -2.33. The van der Waals surface area contributed by atoms with E-state index < -0.39 is 23.8 Å². The minimum Gasteiger partial charge on any atom is -0.444 e. The number of nitrogens with zero attached hydrogens (tertiary/aromatic N) is 2. The molecule has 3 rings (SSSR count). The zero-order valence-electron chi connectivity index (χ0n) is 18.4. The molecule has 1 heterocycles. The van der Waals surface area contributed by atoms with E-state index in [4.69, 9.17) is 4.74 Å². The number of thiazole rings is 1. The molecule has 0 saturated heterocycles. The zero-order chi connectivity index (χ0) is 24.2. The van der Waals surface area contributed by atoms with Gasteiger partial charge in [-0.05, 0) is 37.1 Å². The molecular formula is C23H24F3N3O3S. The maximum atomic E-state index is 12.8. The van der Waals surface area contributed by atoms with Crippen molar-refractivity contribution in [2.75, 3.05) is 6.54 Å². The molecule has 10 heteroatoms. The molecule has 0 radical (unpaired) electrons. The number of nitrogens with one attached hydrogen (secondary N) is 1. The van der Waals surface area contributed by atoms with Crippen LogP contribution in [-0.4, -0.2) is 34.9 Å². The standard InChI is InChI=1S/C23H24F3N3O3S/c1-22(2,3)32-21(31)27-12-11-17-14-29(20(33-17)28-19(30)23(24,25)26)13-16-9-6-8-15-7-4-5-10-18(15)16/h4-10,14H,11-13H2,1-3H3,(H,27,31). The maximum Gasteiger partial charge on any atom is 0.473 e. The number of alkyl halides is 3. The Hall–Kier alpha value is -3.14. The van der Waals surface area contributed by atoms with Crippen LogP contribution in [0, 0.1) is 0 Å². The Morgan fingerprint density at radius 1 is 1.09 bits per heavy atom. The van der Waals surface area contributed by atoms with Gasteiger partial charge in [-0.3, -0.25) is 4.79 Å². The molecule has 1 N–H and O–H groups in total. The van der Waals surface area contributed by atoms with Crippen molar-refractivity contribution < 1.29 is 27.5 Å². The van der Waals surface area contributed by atoms with Crippen molar-refractivity contribution in [1.29, 1.82) is 0 Å². The molecule has 0 aliphatic heterocycles. The summed E-state index contributed by atoms with van der Waals surface area (Å²) in [4.78, 5) is 27.3. The van der Waals surface area contributed by atoms with Gasteiger partial charge in [0, 0.05) is 24.0 Å². The molecule has 3 aromatic rings. The number of rotatable bonds is 5. The second-order valence-corrected chi connectivity index (χ2v) is 9.43. The molecule has 6 nitrogen and oxygen atoms in total. The first kappa shape index (κ1) is 24.5. The normalized spacial score (nSPS) is 12.7. The van der Waals surface area contributed by atoms with Gasteiger partial charge in [0.05, 0.1) is 6.54 Å². The molecule has 0 aliphatic rings. The second kappa shape index (κ2) is 9.78. The fraction of sp³-hybridized carbons (Fsp3) is 0.348. The van der Waals surface area contributed by atoms with Crippen LogP contribution in [0.4, 0.5) is 18.0 Å². The number of aromatic nitrogens is 1. The lowest BCUT2D eigenvalue weighted by molar-refractivity contribution is -0.169. The molecule has 0 aliphatic carbocycles. The lowest BCUT2D eigenvalue weighted by Gasteiger charge is -2.19. The van der Waals surface area contributed by atoms with E-state index >= 15 is 0 Å². The van der Waals surface area contributed by atoms with Crippen molar-refractivity contribution in [3.8, 4) is 0 Å². The number of carbonyl (C=O) groups is 2. The first-order valence-corrected chi connectivity index (χ1v) is 11.0. The summed E-state index contributed by atoms with van der Waals surface area (Å²) >= 11 is 0.977. The molecule has 0 bridgehead atoms. The Morgan fingerprint density at radius 2 is 1.79 bits per heavy atom. The summed E-state index contributed by atoms with van der Waals surface area (Å²) in [6.07, 6.45) is -3.64. The number of hydrogen-bond acceptors (Lipinski definition) is 4.